The van der Waals surface area contributed by atoms with Gasteiger partial charge in [-0.1, -0.05) is 148 Å². The number of hydrogen-bond donors (Lipinski definition) is 6. The van der Waals surface area contributed by atoms with Gasteiger partial charge in [0.15, 0.2) is 5.75 Å². The summed E-state index contributed by atoms with van der Waals surface area (Å²) < 4.78 is 178. The Morgan fingerprint density at radius 2 is 0.713 bits per heavy atom. The second-order valence-corrected chi connectivity index (χ2v) is 25.6. The fourth-order valence-electron chi connectivity index (χ4n) is 10.1. The number of halogens is 12. The largest absolute Gasteiger partial charge is 0.416 e. The number of aromatic amines is 3. The third-order valence-electron chi connectivity index (χ3n) is 15.1. The minimum Gasteiger partial charge on any atom is -0.338 e. The second-order valence-electron chi connectivity index (χ2n) is 23.9. The number of nitrogens with zero attached hydrogens (tertiary/aromatic N) is 3. The van der Waals surface area contributed by atoms with Crippen LogP contribution < -0.4 is 15.4 Å². The van der Waals surface area contributed by atoms with Crippen molar-refractivity contribution in [3.05, 3.63) is 251 Å². The lowest BCUT2D eigenvalue weighted by molar-refractivity contribution is -0.138. The number of carbonyl (C=O) groups is 2. The Hall–Kier alpha value is -11.5. The van der Waals surface area contributed by atoms with Crippen molar-refractivity contribution < 1.29 is 70.7 Å². The molecule has 0 aliphatic carbocycles. The highest BCUT2D eigenvalue weighted by atomic mass is 32.2. The van der Waals surface area contributed by atoms with Crippen LogP contribution in [0.1, 0.15) is 78.5 Å². The predicted molar refractivity (Wildman–Crippen MR) is 372 cm³/mol. The van der Waals surface area contributed by atoms with Gasteiger partial charge in [-0.2, -0.15) is 52.7 Å². The van der Waals surface area contributed by atoms with Crippen molar-refractivity contribution in [2.45, 2.75) is 52.4 Å². The third kappa shape index (κ3) is 19.4. The first-order valence-electron chi connectivity index (χ1n) is 30.6. The molecule has 0 spiro atoms. The van der Waals surface area contributed by atoms with E-state index in [1.165, 1.54) is 55.5 Å². The first kappa shape index (κ1) is 72.2. The average Bonchev–Trinajstić information content (AvgIpc) is 1.72. The third-order valence-corrected chi connectivity index (χ3v) is 16.3. The van der Waals surface area contributed by atoms with Crippen LogP contribution in [-0.2, 0) is 38.1 Å². The Labute approximate surface area is 569 Å². The van der Waals surface area contributed by atoms with Gasteiger partial charge in [0, 0.05) is 40.4 Å². The molecule has 9 aromatic carbocycles. The van der Waals surface area contributed by atoms with Gasteiger partial charge >= 0.3 is 24.7 Å². The van der Waals surface area contributed by atoms with Crippen molar-refractivity contribution in [2.24, 2.45) is 5.41 Å². The molecule has 0 fully saturated rings. The van der Waals surface area contributed by atoms with Gasteiger partial charge in [0.05, 0.1) is 55.5 Å². The number of amides is 2. The number of aromatic nitrogens is 6. The highest BCUT2D eigenvalue weighted by molar-refractivity contribution is 7.92. The number of sulfonamides is 1. The molecule has 0 bridgehead atoms. The van der Waals surface area contributed by atoms with E-state index in [-0.39, 0.29) is 17.5 Å². The number of imidazole rings is 3. The molecule has 12 rings (SSSR count). The molecular weight excluding hydrogens is 1350 g/mol. The average molecular weight is 1410 g/mol. The number of H-pyrrole nitrogens is 3. The van der Waals surface area contributed by atoms with Crippen LogP contribution in [-0.4, -0.2) is 62.1 Å². The van der Waals surface area contributed by atoms with Gasteiger partial charge < -0.3 is 25.6 Å². The molecule has 3 heterocycles. The van der Waals surface area contributed by atoms with Gasteiger partial charge in [-0.3, -0.25) is 14.3 Å². The van der Waals surface area contributed by atoms with Crippen LogP contribution >= 0.6 is 0 Å². The highest BCUT2D eigenvalue weighted by Crippen LogP contribution is 2.37. The summed E-state index contributed by atoms with van der Waals surface area (Å²) in [6.45, 7) is 7.05. The lowest BCUT2D eigenvalue weighted by Gasteiger charge is -2.19. The fourth-order valence-corrected chi connectivity index (χ4v) is 11.1. The van der Waals surface area contributed by atoms with E-state index in [4.69, 9.17) is 0 Å². The first-order valence-corrected chi connectivity index (χ1v) is 32.2. The van der Waals surface area contributed by atoms with Crippen molar-refractivity contribution in [2.75, 3.05) is 21.1 Å². The summed E-state index contributed by atoms with van der Waals surface area (Å²) in [7, 11) is -4.67. The summed E-state index contributed by atoms with van der Waals surface area (Å²) in [6, 6.07) is 52.1. The summed E-state index contributed by atoms with van der Waals surface area (Å²) in [4.78, 5) is 46.9. The van der Waals surface area contributed by atoms with Crippen LogP contribution in [0.15, 0.2) is 200 Å². The van der Waals surface area contributed by atoms with Gasteiger partial charge in [0.1, 0.15) is 17.5 Å². The van der Waals surface area contributed by atoms with Crippen molar-refractivity contribution in [3.63, 3.8) is 0 Å². The van der Waals surface area contributed by atoms with E-state index in [2.05, 4.69) is 40.5 Å². The monoisotopic (exact) mass is 1410 g/mol. The number of hydrogen-bond acceptors (Lipinski definition) is 7. The van der Waals surface area contributed by atoms with E-state index in [0.29, 0.717) is 56.3 Å². The van der Waals surface area contributed by atoms with Gasteiger partial charge in [-0.15, -0.1) is 0 Å². The molecule has 0 saturated heterocycles. The van der Waals surface area contributed by atoms with Crippen LogP contribution in [0.4, 0.5) is 69.7 Å². The van der Waals surface area contributed by atoms with Gasteiger partial charge in [-0.05, 0) is 143 Å². The van der Waals surface area contributed by atoms with E-state index in [9.17, 15) is 70.7 Å². The summed E-state index contributed by atoms with van der Waals surface area (Å²) in [5.41, 5.74) is 9.34. The molecule has 0 aliphatic heterocycles. The molecular formula is C75H59F12N9O4S. The van der Waals surface area contributed by atoms with Gasteiger partial charge in [0.2, 0.25) is 21.8 Å². The summed E-state index contributed by atoms with van der Waals surface area (Å²) >= 11 is 0. The number of fused-ring (bicyclic) bond motifs is 3. The number of rotatable bonds is 14. The van der Waals surface area contributed by atoms with Crippen molar-refractivity contribution in [1.29, 1.82) is 0 Å². The number of nitrogens with one attached hydrogen (secondary N) is 6. The van der Waals surface area contributed by atoms with E-state index >= 15 is 0 Å². The van der Waals surface area contributed by atoms with Crippen molar-refractivity contribution in [1.82, 2.24) is 29.9 Å². The minimum atomic E-state index is -4.89. The number of para-hydroxylation sites is 3. The fraction of sp³-hybridized carbons (Fsp3) is 0.133. The van der Waals surface area contributed by atoms with E-state index in [1.807, 2.05) is 110 Å². The number of benzene rings is 9. The smallest absolute Gasteiger partial charge is 0.338 e. The Morgan fingerprint density at radius 1 is 0.406 bits per heavy atom. The molecule has 3 aromatic heterocycles. The second kappa shape index (κ2) is 29.5. The molecule has 26 heteroatoms. The molecule has 0 saturated carbocycles. The maximum atomic E-state index is 12.7. The molecule has 0 radical (unpaired) electrons. The summed E-state index contributed by atoms with van der Waals surface area (Å²) in [6.07, 6.45) is -8.00. The molecule has 2 amide bonds. The minimum absolute atomic E-state index is 0.0111. The lowest BCUT2D eigenvalue weighted by Crippen LogP contribution is -2.28. The predicted octanol–water partition coefficient (Wildman–Crippen LogP) is 20.5. The highest BCUT2D eigenvalue weighted by Gasteiger charge is 2.36. The molecule has 0 atom stereocenters. The molecule has 518 valence electrons. The van der Waals surface area contributed by atoms with E-state index in [0.717, 1.165) is 92.1 Å². The molecule has 0 unspecified atom stereocenters. The molecule has 6 N–H and O–H groups in total. The summed E-state index contributed by atoms with van der Waals surface area (Å²) in [5, 5.41) is 5.84. The number of alkyl halides is 12. The van der Waals surface area contributed by atoms with Gasteiger partial charge in [0.25, 0.3) is 0 Å². The Bertz CT molecular complexity index is 5180. The maximum absolute atomic E-state index is 12.7. The molecule has 13 nitrogen and oxygen atoms in total. The lowest BCUT2D eigenvalue weighted by atomic mass is 9.95. The quantitative estimate of drug-likeness (QED) is 0.0584. The van der Waals surface area contributed by atoms with Crippen LogP contribution in [0.25, 0.3) is 103 Å². The Kier molecular flexibility index (Phi) is 21.1. The molecule has 101 heavy (non-hydrogen) atoms. The SMILES string of the molecule is CC(=O)Nc1ccccc1-c1ccc2nc(/C=C/c3ccc(C(F)(F)F)cc3)[nH]c2c1.CC(C)(C)C(=O)Nc1ccccc1-c1ccc2nc(/C=C/c3ccc(C(F)(F)F)cc3)[nH]c2c1.O=S(=O)(CC(F)(F)F)Nc1ccccc1-c1ccc2nc(/C=C/c3ccc(C(F)(F)F)cc3)[nH]c2c1. The van der Waals surface area contributed by atoms with Crippen LogP contribution in [0.2, 0.25) is 0 Å². The zero-order chi connectivity index (χ0) is 72.7. The van der Waals surface area contributed by atoms with Crippen molar-refractivity contribution in [3.8, 4) is 33.4 Å². The topological polar surface area (TPSA) is 190 Å². The molecule has 0 aliphatic rings. The maximum Gasteiger partial charge on any atom is 0.416 e. The summed E-state index contributed by atoms with van der Waals surface area (Å²) in [5.74, 6) is -0.642. The number of anilines is 3. The van der Waals surface area contributed by atoms with Gasteiger partial charge in [-0.25, -0.2) is 23.4 Å². The number of carbonyl (C=O) groups excluding carboxylic acids is 2. The zero-order valence-electron chi connectivity index (χ0n) is 53.6. The zero-order valence-corrected chi connectivity index (χ0v) is 54.5. The van der Waals surface area contributed by atoms with Crippen LogP contribution in [0.3, 0.4) is 0 Å². The Balaban J connectivity index is 0.000000164. The first-order chi connectivity index (χ1) is 47.6. The Morgan fingerprint density at radius 3 is 1.02 bits per heavy atom. The van der Waals surface area contributed by atoms with Crippen molar-refractivity contribution >= 4 is 108 Å². The van der Waals surface area contributed by atoms with E-state index in [1.54, 1.807) is 66.8 Å². The van der Waals surface area contributed by atoms with Crippen LogP contribution in [0, 0.1) is 5.41 Å². The standard InChI is InChI=1S/C27H24F3N3O.C24H17F6N3O2S.C24H18F3N3O/c1-26(2,3)25(34)33-21-7-5-4-6-20(21)18-11-14-22-23(16-18)32-24(31-22)15-10-17-8-12-19(13-9-17)27(28,29)30;25-23(26,27)14-36(34,35)33-19-4-2-1-3-18(19)16-8-11-20-21(13-16)32-22(31-20)12-7-15-5-9-17(10-6-15)24(28,29)30;1-15(31)28-20-5-3-2-4-19(20)17-9-12-21-22(14-17)30-23(29-21)13-8-16-6-10-18(11-7-16)24(25,26)27/h4-16H,1-3H3,(H,31,32)(H,33,34);1-13,33H,14H2,(H,31,32);2-14H,1H3,(H,28,31)(H,29,30)/b15-10+;12-7+;13-8+. The normalized spacial score (nSPS) is 12.4. The van der Waals surface area contributed by atoms with Crippen LogP contribution in [0.5, 0.6) is 0 Å². The molecule has 12 aromatic rings. The van der Waals surface area contributed by atoms with E-state index < -0.39 is 62.6 Å².